The second-order valence-electron chi connectivity index (χ2n) is 6.63. The van der Waals surface area contributed by atoms with E-state index in [1.165, 1.54) is 6.20 Å². The van der Waals surface area contributed by atoms with Crippen molar-refractivity contribution in [3.8, 4) is 17.0 Å². The number of hydrogen-bond acceptors (Lipinski definition) is 6. The first-order chi connectivity index (χ1) is 14.6. The van der Waals surface area contributed by atoms with Gasteiger partial charge in [0.2, 0.25) is 5.78 Å². The molecule has 1 atom stereocenters. The SMILES string of the molecule is COc1ccc(C(=O)C(C)OC(=O)c2cnn3c(-c4ccccc4)ccnc23)cc1. The first kappa shape index (κ1) is 19.3. The molecular formula is C23H19N3O4. The van der Waals surface area contributed by atoms with E-state index < -0.39 is 12.1 Å². The lowest BCUT2D eigenvalue weighted by Crippen LogP contribution is -2.24. The van der Waals surface area contributed by atoms with Gasteiger partial charge in [-0.05, 0) is 37.3 Å². The molecule has 0 amide bonds. The maximum absolute atomic E-state index is 12.7. The minimum Gasteiger partial charge on any atom is -0.497 e. The lowest BCUT2D eigenvalue weighted by molar-refractivity contribution is 0.0320. The van der Waals surface area contributed by atoms with E-state index in [1.807, 2.05) is 36.4 Å². The lowest BCUT2D eigenvalue weighted by atomic mass is 10.1. The number of rotatable bonds is 6. The molecule has 7 heteroatoms. The van der Waals surface area contributed by atoms with Gasteiger partial charge in [-0.2, -0.15) is 5.10 Å². The molecule has 30 heavy (non-hydrogen) atoms. The Balaban J connectivity index is 1.57. The molecule has 2 heterocycles. The maximum atomic E-state index is 12.7. The van der Waals surface area contributed by atoms with Crippen molar-refractivity contribution in [2.75, 3.05) is 7.11 Å². The van der Waals surface area contributed by atoms with Crippen molar-refractivity contribution in [1.82, 2.24) is 14.6 Å². The van der Waals surface area contributed by atoms with Gasteiger partial charge >= 0.3 is 5.97 Å². The standard InChI is InChI=1S/C23H19N3O4/c1-15(21(27)17-8-10-18(29-2)11-9-17)30-23(28)19-14-25-26-20(12-13-24-22(19)26)16-6-4-3-5-7-16/h3-15H,1-2H3. The molecule has 0 N–H and O–H groups in total. The summed E-state index contributed by atoms with van der Waals surface area (Å²) in [5.41, 5.74) is 2.73. The predicted octanol–water partition coefficient (Wildman–Crippen LogP) is 3.83. The molecule has 2 aromatic carbocycles. The molecule has 4 rings (SSSR count). The van der Waals surface area contributed by atoms with E-state index in [4.69, 9.17) is 9.47 Å². The van der Waals surface area contributed by atoms with Crippen LogP contribution >= 0.6 is 0 Å². The minimum absolute atomic E-state index is 0.196. The van der Waals surface area contributed by atoms with Crippen LogP contribution in [0.15, 0.2) is 73.1 Å². The molecule has 0 radical (unpaired) electrons. The Morgan fingerprint density at radius 1 is 1.00 bits per heavy atom. The number of methoxy groups -OCH3 is 1. The highest BCUT2D eigenvalue weighted by molar-refractivity contribution is 6.02. The average molecular weight is 401 g/mol. The molecule has 0 saturated carbocycles. The van der Waals surface area contributed by atoms with Crippen LogP contribution in [-0.4, -0.2) is 39.6 Å². The number of Topliss-reactive ketones (excluding diaryl/α,β-unsaturated/α-hetero) is 1. The molecule has 150 valence electrons. The van der Waals surface area contributed by atoms with Gasteiger partial charge in [-0.15, -0.1) is 0 Å². The van der Waals surface area contributed by atoms with Gasteiger partial charge in [-0.3, -0.25) is 4.79 Å². The van der Waals surface area contributed by atoms with E-state index in [0.717, 1.165) is 11.3 Å². The lowest BCUT2D eigenvalue weighted by Gasteiger charge is -2.12. The predicted molar refractivity (Wildman–Crippen MR) is 111 cm³/mol. The zero-order valence-electron chi connectivity index (χ0n) is 16.5. The Bertz CT molecular complexity index is 1200. The smallest absolute Gasteiger partial charge is 0.344 e. The molecule has 1 unspecified atom stereocenters. The molecule has 0 aliphatic heterocycles. The summed E-state index contributed by atoms with van der Waals surface area (Å²) in [6.07, 6.45) is 2.06. The quantitative estimate of drug-likeness (QED) is 0.361. The highest BCUT2D eigenvalue weighted by atomic mass is 16.5. The number of carbonyl (C=O) groups excluding carboxylic acids is 2. The highest BCUT2D eigenvalue weighted by Gasteiger charge is 2.23. The van der Waals surface area contributed by atoms with Crippen molar-refractivity contribution in [2.24, 2.45) is 0 Å². The maximum Gasteiger partial charge on any atom is 0.344 e. The van der Waals surface area contributed by atoms with Crippen molar-refractivity contribution in [3.63, 3.8) is 0 Å². The van der Waals surface area contributed by atoms with Gasteiger partial charge in [0.15, 0.2) is 11.8 Å². The van der Waals surface area contributed by atoms with Crippen molar-refractivity contribution in [1.29, 1.82) is 0 Å². The van der Waals surface area contributed by atoms with Gasteiger partial charge in [-0.25, -0.2) is 14.3 Å². The molecule has 2 aromatic heterocycles. The van der Waals surface area contributed by atoms with Crippen LogP contribution in [0.5, 0.6) is 5.75 Å². The van der Waals surface area contributed by atoms with E-state index in [1.54, 1.807) is 49.0 Å². The number of nitrogens with zero attached hydrogens (tertiary/aromatic N) is 3. The molecule has 4 aromatic rings. The molecular weight excluding hydrogens is 382 g/mol. The number of carbonyl (C=O) groups is 2. The largest absolute Gasteiger partial charge is 0.497 e. The van der Waals surface area contributed by atoms with Crippen LogP contribution in [0.1, 0.15) is 27.6 Å². The van der Waals surface area contributed by atoms with Gasteiger partial charge in [-0.1, -0.05) is 30.3 Å². The summed E-state index contributed by atoms with van der Waals surface area (Å²) in [4.78, 5) is 29.6. The third-order valence-electron chi connectivity index (χ3n) is 4.72. The fourth-order valence-corrected chi connectivity index (χ4v) is 3.13. The number of fused-ring (bicyclic) bond motifs is 1. The Labute approximate surface area is 172 Å². The summed E-state index contributed by atoms with van der Waals surface area (Å²) in [6.45, 7) is 1.54. The number of aromatic nitrogens is 3. The second kappa shape index (κ2) is 8.16. The normalized spacial score (nSPS) is 11.8. The van der Waals surface area contributed by atoms with E-state index in [9.17, 15) is 9.59 Å². The molecule has 0 bridgehead atoms. The summed E-state index contributed by atoms with van der Waals surface area (Å²) in [6, 6.07) is 18.1. The summed E-state index contributed by atoms with van der Waals surface area (Å²) >= 11 is 0. The zero-order chi connectivity index (χ0) is 21.1. The van der Waals surface area contributed by atoms with E-state index in [2.05, 4.69) is 10.1 Å². The minimum atomic E-state index is -0.960. The van der Waals surface area contributed by atoms with Crippen molar-refractivity contribution < 1.29 is 19.1 Å². The van der Waals surface area contributed by atoms with Gasteiger partial charge in [0.25, 0.3) is 0 Å². The van der Waals surface area contributed by atoms with Gasteiger partial charge in [0.05, 0.1) is 19.0 Å². The summed E-state index contributed by atoms with van der Waals surface area (Å²) < 4.78 is 12.1. The Kier molecular flexibility index (Phi) is 5.26. The fraction of sp³-hybridized carbons (Fsp3) is 0.130. The van der Waals surface area contributed by atoms with Crippen LogP contribution in [0.3, 0.4) is 0 Å². The number of ether oxygens (including phenoxy) is 2. The van der Waals surface area contributed by atoms with Crippen LogP contribution in [0.2, 0.25) is 0 Å². The topological polar surface area (TPSA) is 82.8 Å². The number of hydrogen-bond donors (Lipinski definition) is 0. The fourth-order valence-electron chi connectivity index (χ4n) is 3.13. The van der Waals surface area contributed by atoms with Crippen LogP contribution in [0.4, 0.5) is 0 Å². The van der Waals surface area contributed by atoms with E-state index in [0.29, 0.717) is 17.0 Å². The van der Waals surface area contributed by atoms with Crippen LogP contribution in [0.25, 0.3) is 16.9 Å². The Hall–Kier alpha value is -4.00. The average Bonchev–Trinajstić information content (AvgIpc) is 3.23. The van der Waals surface area contributed by atoms with E-state index in [-0.39, 0.29) is 11.3 Å². The van der Waals surface area contributed by atoms with E-state index >= 15 is 0 Å². The van der Waals surface area contributed by atoms with Crippen molar-refractivity contribution in [3.05, 3.63) is 84.2 Å². The summed E-state index contributed by atoms with van der Waals surface area (Å²) in [7, 11) is 1.55. The van der Waals surface area contributed by atoms with Gasteiger partial charge < -0.3 is 9.47 Å². The number of benzene rings is 2. The third kappa shape index (κ3) is 3.65. The summed E-state index contributed by atoms with van der Waals surface area (Å²) in [5.74, 6) is -0.319. The monoisotopic (exact) mass is 401 g/mol. The van der Waals surface area contributed by atoms with Crippen LogP contribution in [-0.2, 0) is 4.74 Å². The zero-order valence-corrected chi connectivity index (χ0v) is 16.5. The van der Waals surface area contributed by atoms with Crippen molar-refractivity contribution in [2.45, 2.75) is 13.0 Å². The van der Waals surface area contributed by atoms with Gasteiger partial charge in [0.1, 0.15) is 11.3 Å². The molecule has 0 fully saturated rings. The number of ketones is 1. The van der Waals surface area contributed by atoms with Crippen LogP contribution in [0, 0.1) is 0 Å². The first-order valence-corrected chi connectivity index (χ1v) is 9.36. The molecule has 0 aliphatic carbocycles. The summed E-state index contributed by atoms with van der Waals surface area (Å²) in [5, 5.41) is 4.30. The van der Waals surface area contributed by atoms with Gasteiger partial charge in [0, 0.05) is 17.3 Å². The molecule has 0 spiro atoms. The van der Waals surface area contributed by atoms with Crippen molar-refractivity contribution >= 4 is 17.4 Å². The molecule has 0 saturated heterocycles. The molecule has 0 aliphatic rings. The highest BCUT2D eigenvalue weighted by Crippen LogP contribution is 2.21. The Morgan fingerprint density at radius 2 is 1.73 bits per heavy atom. The molecule has 7 nitrogen and oxygen atoms in total. The number of esters is 1. The first-order valence-electron chi connectivity index (χ1n) is 9.36. The Morgan fingerprint density at radius 3 is 2.43 bits per heavy atom. The van der Waals surface area contributed by atoms with Crippen LogP contribution < -0.4 is 4.74 Å². The second-order valence-corrected chi connectivity index (χ2v) is 6.63. The third-order valence-corrected chi connectivity index (χ3v) is 4.72.